The first-order chi connectivity index (χ1) is 11.7. The van der Waals surface area contributed by atoms with E-state index >= 15 is 0 Å². The Hall–Kier alpha value is -2.70. The normalized spacial score (nSPS) is 11.0. The number of nitrogens with zero attached hydrogens (tertiary/aromatic N) is 2. The maximum atomic E-state index is 13.9. The van der Waals surface area contributed by atoms with Gasteiger partial charge in [0.25, 0.3) is 0 Å². The highest BCUT2D eigenvalue weighted by molar-refractivity contribution is 5.94. The second kappa shape index (κ2) is 7.46. The van der Waals surface area contributed by atoms with Gasteiger partial charge >= 0.3 is 5.97 Å². The number of hydrogen-bond acceptors (Lipinski definition) is 3. The average molecular weight is 347 g/mol. The lowest BCUT2D eigenvalue weighted by Gasteiger charge is -2.09. The van der Waals surface area contributed by atoms with Crippen LogP contribution in [0.2, 0.25) is 0 Å². The van der Waals surface area contributed by atoms with Gasteiger partial charge < -0.3 is 10.4 Å². The van der Waals surface area contributed by atoms with Crippen LogP contribution in [0.4, 0.5) is 10.1 Å². The van der Waals surface area contributed by atoms with Crippen LogP contribution in [-0.4, -0.2) is 26.8 Å². The minimum absolute atomic E-state index is 0.0418. The molecule has 2 N–H and O–H groups in total. The lowest BCUT2D eigenvalue weighted by molar-refractivity contribution is -0.115. The van der Waals surface area contributed by atoms with Crippen molar-refractivity contribution in [3.63, 3.8) is 0 Å². The van der Waals surface area contributed by atoms with Crippen molar-refractivity contribution in [2.24, 2.45) is 5.92 Å². The zero-order chi connectivity index (χ0) is 18.7. The van der Waals surface area contributed by atoms with Crippen LogP contribution in [0.25, 0.3) is 0 Å². The zero-order valence-electron chi connectivity index (χ0n) is 14.8. The number of hydrogen-bond donors (Lipinski definition) is 2. The lowest BCUT2D eigenvalue weighted by Crippen LogP contribution is -2.17. The molecular formula is C18H22FN3O3. The van der Waals surface area contributed by atoms with Gasteiger partial charge in [-0.1, -0.05) is 13.8 Å². The van der Waals surface area contributed by atoms with E-state index in [0.29, 0.717) is 5.92 Å². The van der Waals surface area contributed by atoms with Crippen molar-refractivity contribution in [3.8, 4) is 0 Å². The molecule has 1 amide bonds. The van der Waals surface area contributed by atoms with Gasteiger partial charge in [-0.05, 0) is 38.0 Å². The summed E-state index contributed by atoms with van der Waals surface area (Å²) in [5, 5.41) is 15.8. The van der Waals surface area contributed by atoms with Crippen molar-refractivity contribution < 1.29 is 19.1 Å². The van der Waals surface area contributed by atoms with Gasteiger partial charge in [-0.15, -0.1) is 0 Å². The van der Waals surface area contributed by atoms with Crippen LogP contribution in [0.5, 0.6) is 0 Å². The van der Waals surface area contributed by atoms with E-state index in [1.54, 1.807) is 0 Å². The number of anilines is 1. The van der Waals surface area contributed by atoms with Gasteiger partial charge in [-0.2, -0.15) is 5.10 Å². The molecule has 0 aliphatic carbocycles. The van der Waals surface area contributed by atoms with Crippen molar-refractivity contribution in [1.29, 1.82) is 0 Å². The molecule has 0 radical (unpaired) electrons. The van der Waals surface area contributed by atoms with Gasteiger partial charge in [0.2, 0.25) is 5.91 Å². The van der Waals surface area contributed by atoms with Crippen LogP contribution in [0.1, 0.15) is 41.2 Å². The number of nitrogens with one attached hydrogen (secondary N) is 1. The number of aromatic nitrogens is 2. The Bertz CT molecular complexity index is 812. The highest BCUT2D eigenvalue weighted by atomic mass is 19.1. The fourth-order valence-corrected chi connectivity index (χ4v) is 2.62. The van der Waals surface area contributed by atoms with Crippen LogP contribution in [0.3, 0.4) is 0 Å². The molecule has 0 aliphatic heterocycles. The van der Waals surface area contributed by atoms with Gasteiger partial charge in [0, 0.05) is 17.8 Å². The van der Waals surface area contributed by atoms with Gasteiger partial charge in [-0.25, -0.2) is 9.18 Å². The topological polar surface area (TPSA) is 84.2 Å². The van der Waals surface area contributed by atoms with Gasteiger partial charge in [0.15, 0.2) is 0 Å². The van der Waals surface area contributed by atoms with Crippen LogP contribution >= 0.6 is 0 Å². The molecule has 1 aromatic carbocycles. The van der Waals surface area contributed by atoms with E-state index in [0.717, 1.165) is 29.6 Å². The summed E-state index contributed by atoms with van der Waals surface area (Å²) < 4.78 is 15.8. The second-order valence-electron chi connectivity index (χ2n) is 6.45. The smallest absolute Gasteiger partial charge is 0.335 e. The molecule has 0 unspecified atom stereocenters. The van der Waals surface area contributed by atoms with E-state index in [4.69, 9.17) is 5.11 Å². The Morgan fingerprint density at radius 1 is 1.32 bits per heavy atom. The molecule has 0 atom stereocenters. The van der Waals surface area contributed by atoms with E-state index in [-0.39, 0.29) is 23.6 Å². The Balaban J connectivity index is 2.13. The molecule has 0 bridgehead atoms. The summed E-state index contributed by atoms with van der Waals surface area (Å²) in [5.41, 5.74) is 2.30. The summed E-state index contributed by atoms with van der Waals surface area (Å²) in [7, 11) is 0. The number of amides is 1. The van der Waals surface area contributed by atoms with E-state index in [1.807, 2.05) is 18.5 Å². The maximum Gasteiger partial charge on any atom is 0.335 e. The minimum atomic E-state index is -1.22. The third-order valence-corrected chi connectivity index (χ3v) is 3.90. The number of carboxylic acids is 1. The van der Waals surface area contributed by atoms with E-state index in [9.17, 15) is 14.0 Å². The summed E-state index contributed by atoms with van der Waals surface area (Å²) in [6.45, 7) is 8.69. The highest BCUT2D eigenvalue weighted by Crippen LogP contribution is 2.19. The largest absolute Gasteiger partial charge is 0.478 e. The summed E-state index contributed by atoms with van der Waals surface area (Å²) >= 11 is 0. The van der Waals surface area contributed by atoms with Crippen molar-refractivity contribution in [2.45, 2.75) is 40.7 Å². The fourth-order valence-electron chi connectivity index (χ4n) is 2.62. The van der Waals surface area contributed by atoms with Crippen molar-refractivity contribution in [1.82, 2.24) is 9.78 Å². The molecule has 6 nitrogen and oxygen atoms in total. The standard InChI is InChI=1S/C18H22FN3O3/c1-10(2)9-22-12(4)14(11(3)21-22)8-17(23)20-16-6-5-13(18(24)25)7-15(16)19/h5-7,10H,8-9H2,1-4H3,(H,20,23)(H,24,25). The molecule has 1 heterocycles. The summed E-state index contributed by atoms with van der Waals surface area (Å²) in [5.74, 6) is -1.95. The molecule has 2 rings (SSSR count). The molecule has 0 aliphatic rings. The summed E-state index contributed by atoms with van der Waals surface area (Å²) in [4.78, 5) is 23.1. The van der Waals surface area contributed by atoms with Crippen LogP contribution < -0.4 is 5.32 Å². The molecule has 7 heteroatoms. The van der Waals surface area contributed by atoms with Crippen LogP contribution in [-0.2, 0) is 17.8 Å². The van der Waals surface area contributed by atoms with E-state index in [1.165, 1.54) is 12.1 Å². The molecule has 0 saturated heterocycles. The molecular weight excluding hydrogens is 325 g/mol. The maximum absolute atomic E-state index is 13.9. The zero-order valence-corrected chi connectivity index (χ0v) is 14.8. The second-order valence-corrected chi connectivity index (χ2v) is 6.45. The number of halogens is 1. The predicted octanol–water partition coefficient (Wildman–Crippen LogP) is 3.17. The molecule has 25 heavy (non-hydrogen) atoms. The first-order valence-electron chi connectivity index (χ1n) is 8.04. The first kappa shape index (κ1) is 18.6. The van der Waals surface area contributed by atoms with Crippen molar-refractivity contribution in [3.05, 3.63) is 46.5 Å². The van der Waals surface area contributed by atoms with E-state index < -0.39 is 11.8 Å². The molecule has 0 fully saturated rings. The van der Waals surface area contributed by atoms with Gasteiger partial charge in [0.1, 0.15) is 5.82 Å². The first-order valence-corrected chi connectivity index (χ1v) is 8.04. The lowest BCUT2D eigenvalue weighted by atomic mass is 10.1. The van der Waals surface area contributed by atoms with Gasteiger partial charge in [0.05, 0.1) is 23.4 Å². The Morgan fingerprint density at radius 3 is 2.56 bits per heavy atom. The number of benzene rings is 1. The number of carbonyl (C=O) groups excluding carboxylic acids is 1. The predicted molar refractivity (Wildman–Crippen MR) is 92.2 cm³/mol. The van der Waals surface area contributed by atoms with Gasteiger partial charge in [-0.3, -0.25) is 9.48 Å². The molecule has 0 spiro atoms. The number of carboxylic acid groups (broad SMARTS) is 1. The van der Waals surface area contributed by atoms with Crippen molar-refractivity contribution >= 4 is 17.6 Å². The number of aromatic carboxylic acids is 1. The highest BCUT2D eigenvalue weighted by Gasteiger charge is 2.17. The molecule has 2 aromatic rings. The van der Waals surface area contributed by atoms with Crippen LogP contribution in [0, 0.1) is 25.6 Å². The minimum Gasteiger partial charge on any atom is -0.478 e. The van der Waals surface area contributed by atoms with Crippen LogP contribution in [0.15, 0.2) is 18.2 Å². The fraction of sp³-hybridized carbons (Fsp3) is 0.389. The Kier molecular flexibility index (Phi) is 5.56. The molecule has 134 valence electrons. The number of aryl methyl sites for hydroxylation is 1. The summed E-state index contributed by atoms with van der Waals surface area (Å²) in [6.07, 6.45) is 0.0792. The quantitative estimate of drug-likeness (QED) is 0.840. The molecule has 0 saturated carbocycles. The molecule has 1 aromatic heterocycles. The Labute approximate surface area is 145 Å². The summed E-state index contributed by atoms with van der Waals surface area (Å²) in [6, 6.07) is 3.38. The number of rotatable bonds is 6. The monoisotopic (exact) mass is 347 g/mol. The third kappa shape index (κ3) is 4.43. The Morgan fingerprint density at radius 2 is 2.00 bits per heavy atom. The SMILES string of the molecule is Cc1nn(CC(C)C)c(C)c1CC(=O)Nc1ccc(C(=O)O)cc1F. The van der Waals surface area contributed by atoms with Crippen molar-refractivity contribution in [2.75, 3.05) is 5.32 Å². The number of carbonyl (C=O) groups is 2. The van der Waals surface area contributed by atoms with E-state index in [2.05, 4.69) is 24.3 Å². The third-order valence-electron chi connectivity index (χ3n) is 3.90. The average Bonchev–Trinajstić information content (AvgIpc) is 2.76.